The third-order valence-electron chi connectivity index (χ3n) is 3.72. The van der Waals surface area contributed by atoms with Crippen molar-refractivity contribution in [3.05, 3.63) is 52.9 Å². The highest BCUT2D eigenvalue weighted by Crippen LogP contribution is 2.30. The summed E-state index contributed by atoms with van der Waals surface area (Å²) in [4.78, 5) is 17.8. The molecule has 1 aromatic carbocycles. The van der Waals surface area contributed by atoms with E-state index in [2.05, 4.69) is 10.3 Å². The fourth-order valence-corrected chi connectivity index (χ4v) is 4.15. The lowest BCUT2D eigenvalue weighted by Crippen LogP contribution is -2.41. The average molecular weight is 372 g/mol. The molecule has 5 nitrogen and oxygen atoms in total. The fraction of sp³-hybridized carbons (Fsp3) is 0.222. The second-order valence-electron chi connectivity index (χ2n) is 5.60. The number of hydrogen-bond donors (Lipinski definition) is 1. The van der Waals surface area contributed by atoms with Crippen LogP contribution in [0.4, 0.5) is 0 Å². The molecular weight excluding hydrogens is 356 g/mol. The molecule has 0 radical (unpaired) electrons. The summed E-state index contributed by atoms with van der Waals surface area (Å²) >= 11 is 3.21. The molecule has 1 amide bonds. The minimum atomic E-state index is -0.184. The number of carbonyl (C=O) groups is 1. The second-order valence-corrected chi connectivity index (χ2v) is 7.41. The number of nitrogens with one attached hydrogen (secondary N) is 1. The molecule has 3 heterocycles. The average Bonchev–Trinajstić information content (AvgIpc) is 3.31. The van der Waals surface area contributed by atoms with Crippen LogP contribution >= 0.6 is 22.7 Å². The van der Waals surface area contributed by atoms with Crippen LogP contribution in [0.5, 0.6) is 11.5 Å². The minimum Gasteiger partial charge on any atom is -0.486 e. The summed E-state index contributed by atoms with van der Waals surface area (Å²) in [6, 6.07) is 11.6. The van der Waals surface area contributed by atoms with Crippen LogP contribution in [0, 0.1) is 0 Å². The molecule has 0 fully saturated rings. The van der Waals surface area contributed by atoms with E-state index in [1.165, 1.54) is 0 Å². The van der Waals surface area contributed by atoms with Crippen LogP contribution in [-0.4, -0.2) is 30.1 Å². The molecule has 25 heavy (non-hydrogen) atoms. The summed E-state index contributed by atoms with van der Waals surface area (Å²) in [6.07, 6.45) is 0.0856. The normalized spacial score (nSPS) is 15.8. The lowest BCUT2D eigenvalue weighted by molar-refractivity contribution is -0.121. The van der Waals surface area contributed by atoms with Gasteiger partial charge >= 0.3 is 0 Å². The first-order valence-electron chi connectivity index (χ1n) is 7.91. The lowest BCUT2D eigenvalue weighted by Gasteiger charge is -2.26. The molecule has 0 aliphatic carbocycles. The standard InChI is InChI=1S/C18H16N2O3S2/c21-17(8-12-11-25-18(20-12)16-6-3-7-24-16)19-9-13-10-22-14-4-1-2-5-15(14)23-13/h1-7,11,13H,8-10H2,(H,19,21). The van der Waals surface area contributed by atoms with E-state index in [4.69, 9.17) is 9.47 Å². The van der Waals surface area contributed by atoms with Gasteiger partial charge in [0, 0.05) is 5.38 Å². The van der Waals surface area contributed by atoms with Gasteiger partial charge in [-0.3, -0.25) is 4.79 Å². The van der Waals surface area contributed by atoms with E-state index >= 15 is 0 Å². The van der Waals surface area contributed by atoms with Crippen molar-refractivity contribution in [3.63, 3.8) is 0 Å². The summed E-state index contributed by atoms with van der Waals surface area (Å²) in [5.74, 6) is 1.40. The van der Waals surface area contributed by atoms with Gasteiger partial charge in [0.05, 0.1) is 23.5 Å². The van der Waals surface area contributed by atoms with E-state index in [-0.39, 0.29) is 18.4 Å². The first kappa shape index (κ1) is 16.1. The highest BCUT2D eigenvalue weighted by atomic mass is 32.1. The topological polar surface area (TPSA) is 60.5 Å². The zero-order chi connectivity index (χ0) is 17.1. The predicted octanol–water partition coefficient (Wildman–Crippen LogP) is 3.37. The number of thiazole rings is 1. The Hall–Kier alpha value is -2.38. The summed E-state index contributed by atoms with van der Waals surface area (Å²) in [5, 5.41) is 7.81. The van der Waals surface area contributed by atoms with Crippen LogP contribution in [0.2, 0.25) is 0 Å². The summed E-state index contributed by atoms with van der Waals surface area (Å²) < 4.78 is 11.5. The highest BCUT2D eigenvalue weighted by molar-refractivity contribution is 7.20. The molecule has 1 unspecified atom stereocenters. The number of nitrogens with zero attached hydrogens (tertiary/aromatic N) is 1. The second kappa shape index (κ2) is 7.25. The number of ether oxygens (including phenoxy) is 2. The molecule has 7 heteroatoms. The monoisotopic (exact) mass is 372 g/mol. The Morgan fingerprint density at radius 3 is 2.92 bits per heavy atom. The van der Waals surface area contributed by atoms with Gasteiger partial charge in [-0.25, -0.2) is 4.98 Å². The Kier molecular flexibility index (Phi) is 4.67. The number of aromatic nitrogens is 1. The number of benzene rings is 1. The maximum Gasteiger partial charge on any atom is 0.226 e. The molecule has 3 aromatic rings. The largest absolute Gasteiger partial charge is 0.486 e. The van der Waals surface area contributed by atoms with Gasteiger partial charge in [0.2, 0.25) is 5.91 Å². The van der Waals surface area contributed by atoms with Crippen molar-refractivity contribution in [2.75, 3.05) is 13.2 Å². The first-order chi connectivity index (χ1) is 12.3. The molecular formula is C18H16N2O3S2. The van der Waals surface area contributed by atoms with E-state index in [1.807, 2.05) is 47.2 Å². The van der Waals surface area contributed by atoms with E-state index in [9.17, 15) is 4.79 Å². The Bertz CT molecular complexity index is 861. The smallest absolute Gasteiger partial charge is 0.226 e. The van der Waals surface area contributed by atoms with E-state index in [0.29, 0.717) is 18.9 Å². The van der Waals surface area contributed by atoms with Gasteiger partial charge in [-0.2, -0.15) is 0 Å². The molecule has 0 saturated heterocycles. The Morgan fingerprint density at radius 1 is 1.20 bits per heavy atom. The van der Waals surface area contributed by atoms with Crippen LogP contribution in [-0.2, 0) is 11.2 Å². The summed E-state index contributed by atoms with van der Waals surface area (Å²) in [7, 11) is 0. The summed E-state index contributed by atoms with van der Waals surface area (Å²) in [6.45, 7) is 0.839. The lowest BCUT2D eigenvalue weighted by atomic mass is 10.2. The van der Waals surface area contributed by atoms with E-state index < -0.39 is 0 Å². The number of hydrogen-bond acceptors (Lipinski definition) is 6. The molecule has 1 aliphatic rings. The SMILES string of the molecule is O=C(Cc1csc(-c2cccs2)n1)NCC1COc2ccccc2O1. The number of carbonyl (C=O) groups excluding carboxylic acids is 1. The van der Waals surface area contributed by atoms with Crippen molar-refractivity contribution in [1.82, 2.24) is 10.3 Å². The van der Waals surface area contributed by atoms with Crippen molar-refractivity contribution in [2.24, 2.45) is 0 Å². The molecule has 1 N–H and O–H groups in total. The molecule has 4 rings (SSSR count). The number of rotatable bonds is 5. The van der Waals surface area contributed by atoms with Gasteiger partial charge < -0.3 is 14.8 Å². The first-order valence-corrected chi connectivity index (χ1v) is 9.67. The van der Waals surface area contributed by atoms with Crippen molar-refractivity contribution in [3.8, 4) is 21.4 Å². The summed E-state index contributed by atoms with van der Waals surface area (Å²) in [5.41, 5.74) is 0.789. The maximum absolute atomic E-state index is 12.2. The molecule has 2 aromatic heterocycles. The van der Waals surface area contributed by atoms with Gasteiger partial charge in [0.15, 0.2) is 11.5 Å². The van der Waals surface area contributed by atoms with Gasteiger partial charge in [-0.05, 0) is 23.6 Å². The van der Waals surface area contributed by atoms with Crippen LogP contribution in [0.15, 0.2) is 47.2 Å². The van der Waals surface area contributed by atoms with Gasteiger partial charge in [-0.1, -0.05) is 18.2 Å². The van der Waals surface area contributed by atoms with Crippen molar-refractivity contribution >= 4 is 28.6 Å². The van der Waals surface area contributed by atoms with E-state index in [1.54, 1.807) is 22.7 Å². The van der Waals surface area contributed by atoms with Crippen molar-refractivity contribution < 1.29 is 14.3 Å². The van der Waals surface area contributed by atoms with Gasteiger partial charge in [0.1, 0.15) is 17.7 Å². The zero-order valence-electron chi connectivity index (χ0n) is 13.3. The quantitative estimate of drug-likeness (QED) is 0.746. The third kappa shape index (κ3) is 3.83. The highest BCUT2D eigenvalue weighted by Gasteiger charge is 2.21. The minimum absolute atomic E-state index is 0.0644. The molecule has 128 valence electrons. The number of amides is 1. The van der Waals surface area contributed by atoms with Gasteiger partial charge in [-0.15, -0.1) is 22.7 Å². The van der Waals surface area contributed by atoms with Crippen LogP contribution in [0.3, 0.4) is 0 Å². The number of fused-ring (bicyclic) bond motifs is 1. The Labute approximate surface area is 153 Å². The molecule has 0 bridgehead atoms. The molecule has 0 saturated carbocycles. The number of para-hydroxylation sites is 2. The van der Waals surface area contributed by atoms with Crippen LogP contribution in [0.1, 0.15) is 5.69 Å². The fourth-order valence-electron chi connectivity index (χ4n) is 2.52. The molecule has 1 aliphatic heterocycles. The van der Waals surface area contributed by atoms with Crippen LogP contribution < -0.4 is 14.8 Å². The zero-order valence-corrected chi connectivity index (χ0v) is 14.9. The van der Waals surface area contributed by atoms with Crippen molar-refractivity contribution in [2.45, 2.75) is 12.5 Å². The predicted molar refractivity (Wildman–Crippen MR) is 98.5 cm³/mol. The maximum atomic E-state index is 12.2. The molecule has 0 spiro atoms. The number of thiophene rings is 1. The molecule has 1 atom stereocenters. The Morgan fingerprint density at radius 2 is 2.08 bits per heavy atom. The van der Waals surface area contributed by atoms with Crippen LogP contribution in [0.25, 0.3) is 9.88 Å². The van der Waals surface area contributed by atoms with Gasteiger partial charge in [0.25, 0.3) is 0 Å². The van der Waals surface area contributed by atoms with Crippen molar-refractivity contribution in [1.29, 1.82) is 0 Å². The Balaban J connectivity index is 1.29. The van der Waals surface area contributed by atoms with E-state index in [0.717, 1.165) is 21.3 Å². The third-order valence-corrected chi connectivity index (χ3v) is 5.65.